The fourth-order valence-electron chi connectivity index (χ4n) is 3.28. The Kier molecular flexibility index (Phi) is 8.41. The summed E-state index contributed by atoms with van der Waals surface area (Å²) < 4.78 is 32.0. The lowest BCUT2D eigenvalue weighted by Gasteiger charge is -2.24. The van der Waals surface area contributed by atoms with Crippen LogP contribution in [0.4, 0.5) is 5.69 Å². The van der Waals surface area contributed by atoms with Gasteiger partial charge < -0.3 is 10.1 Å². The molecular formula is C25H28N2O4S2. The lowest BCUT2D eigenvalue weighted by atomic mass is 10.1. The molecule has 8 heteroatoms. The van der Waals surface area contributed by atoms with Crippen LogP contribution < -0.4 is 14.4 Å². The number of carbonyl (C=O) groups is 1. The minimum absolute atomic E-state index is 0.183. The number of hydrogen-bond acceptors (Lipinski definition) is 5. The molecule has 0 saturated carbocycles. The largest absolute Gasteiger partial charge is 0.492 e. The van der Waals surface area contributed by atoms with Gasteiger partial charge in [0, 0.05) is 10.5 Å². The summed E-state index contributed by atoms with van der Waals surface area (Å²) in [6.07, 6.45) is 3.11. The molecule has 0 heterocycles. The maximum atomic E-state index is 12.5. The Hall–Kier alpha value is -2.97. The molecule has 0 aliphatic carbocycles. The minimum atomic E-state index is -3.49. The van der Waals surface area contributed by atoms with Crippen LogP contribution >= 0.6 is 11.8 Å². The molecule has 1 N–H and O–H groups in total. The zero-order chi connectivity index (χ0) is 23.8. The van der Waals surface area contributed by atoms with Crippen LogP contribution in [0.5, 0.6) is 5.75 Å². The summed E-state index contributed by atoms with van der Waals surface area (Å²) in [5.41, 5.74) is 3.05. The zero-order valence-electron chi connectivity index (χ0n) is 18.9. The average Bonchev–Trinajstić information content (AvgIpc) is 2.80. The van der Waals surface area contributed by atoms with Gasteiger partial charge in [0.2, 0.25) is 10.0 Å². The van der Waals surface area contributed by atoms with Gasteiger partial charge in [-0.25, -0.2) is 8.42 Å². The summed E-state index contributed by atoms with van der Waals surface area (Å²) >= 11 is 1.50. The number of amides is 1. The van der Waals surface area contributed by atoms with E-state index in [-0.39, 0.29) is 12.5 Å². The van der Waals surface area contributed by atoms with E-state index in [4.69, 9.17) is 4.74 Å². The number of para-hydroxylation sites is 1. The number of nitrogens with one attached hydrogen (secondary N) is 1. The van der Waals surface area contributed by atoms with Crippen molar-refractivity contribution < 1.29 is 17.9 Å². The van der Waals surface area contributed by atoms with Gasteiger partial charge in [0.05, 0.1) is 25.0 Å². The van der Waals surface area contributed by atoms with Crippen LogP contribution in [0.1, 0.15) is 21.5 Å². The molecule has 0 aromatic heterocycles. The van der Waals surface area contributed by atoms with Crippen molar-refractivity contribution >= 4 is 33.4 Å². The van der Waals surface area contributed by atoms with Crippen LogP contribution in [0.2, 0.25) is 0 Å². The van der Waals surface area contributed by atoms with E-state index in [0.29, 0.717) is 24.4 Å². The SMILES string of the molecule is CSc1ccccc1N(Cc1ccc(C(=O)NCCOc2cccc(C)c2)cc1)S(C)(=O)=O. The first-order valence-corrected chi connectivity index (χ1v) is 13.5. The number of ether oxygens (including phenoxy) is 1. The predicted molar refractivity (Wildman–Crippen MR) is 135 cm³/mol. The van der Waals surface area contributed by atoms with Crippen molar-refractivity contribution in [2.24, 2.45) is 0 Å². The average molecular weight is 485 g/mol. The molecule has 0 saturated heterocycles. The second kappa shape index (κ2) is 11.2. The molecule has 1 amide bonds. The van der Waals surface area contributed by atoms with Gasteiger partial charge >= 0.3 is 0 Å². The number of benzene rings is 3. The smallest absolute Gasteiger partial charge is 0.251 e. The standard InChI is InChI=1S/C25H28N2O4S2/c1-19-7-6-8-22(17-19)31-16-15-26-25(28)21-13-11-20(12-14-21)18-27(33(3,29)30)23-9-4-5-10-24(23)32-2/h4-14,17H,15-16,18H2,1-3H3,(H,26,28). The van der Waals surface area contributed by atoms with Crippen LogP contribution in [0, 0.1) is 6.92 Å². The number of anilines is 1. The molecule has 0 unspecified atom stereocenters. The van der Waals surface area contributed by atoms with E-state index in [1.165, 1.54) is 22.3 Å². The highest BCUT2D eigenvalue weighted by Crippen LogP contribution is 2.31. The van der Waals surface area contributed by atoms with Gasteiger partial charge in [-0.2, -0.15) is 0 Å². The van der Waals surface area contributed by atoms with E-state index in [1.807, 2.05) is 55.6 Å². The van der Waals surface area contributed by atoms with Crippen LogP contribution in [0.15, 0.2) is 77.7 Å². The molecular weight excluding hydrogens is 456 g/mol. The van der Waals surface area contributed by atoms with Gasteiger partial charge in [-0.05, 0) is 60.7 Å². The van der Waals surface area contributed by atoms with E-state index in [2.05, 4.69) is 5.32 Å². The van der Waals surface area contributed by atoms with E-state index in [0.717, 1.165) is 21.8 Å². The zero-order valence-corrected chi connectivity index (χ0v) is 20.6. The van der Waals surface area contributed by atoms with Gasteiger partial charge in [-0.1, -0.05) is 36.4 Å². The maximum Gasteiger partial charge on any atom is 0.251 e. The van der Waals surface area contributed by atoms with E-state index >= 15 is 0 Å². The van der Waals surface area contributed by atoms with Crippen molar-refractivity contribution in [2.75, 3.05) is 30.0 Å². The molecule has 0 bridgehead atoms. The molecule has 0 spiro atoms. The van der Waals surface area contributed by atoms with Gasteiger partial charge in [-0.3, -0.25) is 9.10 Å². The Morgan fingerprint density at radius 3 is 2.42 bits per heavy atom. The summed E-state index contributed by atoms with van der Waals surface area (Å²) in [5.74, 6) is 0.564. The number of hydrogen-bond donors (Lipinski definition) is 1. The van der Waals surface area contributed by atoms with Crippen LogP contribution in [-0.4, -0.2) is 40.0 Å². The minimum Gasteiger partial charge on any atom is -0.492 e. The predicted octanol–water partition coefficient (Wildman–Crippen LogP) is 4.49. The topological polar surface area (TPSA) is 75.7 Å². The molecule has 3 aromatic rings. The van der Waals surface area contributed by atoms with Crippen molar-refractivity contribution in [1.82, 2.24) is 5.32 Å². The molecule has 3 rings (SSSR count). The van der Waals surface area contributed by atoms with Crippen molar-refractivity contribution in [3.63, 3.8) is 0 Å². The van der Waals surface area contributed by atoms with Crippen molar-refractivity contribution in [2.45, 2.75) is 18.4 Å². The van der Waals surface area contributed by atoms with Crippen molar-refractivity contribution in [3.05, 3.63) is 89.5 Å². The molecule has 0 aliphatic heterocycles. The fourth-order valence-corrected chi connectivity index (χ4v) is 4.84. The highest BCUT2D eigenvalue weighted by Gasteiger charge is 2.20. The lowest BCUT2D eigenvalue weighted by molar-refractivity contribution is 0.0947. The number of sulfonamides is 1. The van der Waals surface area contributed by atoms with Crippen LogP contribution in [0.3, 0.4) is 0 Å². The first-order chi connectivity index (χ1) is 15.8. The molecule has 3 aromatic carbocycles. The molecule has 6 nitrogen and oxygen atoms in total. The van der Waals surface area contributed by atoms with Crippen molar-refractivity contribution in [1.29, 1.82) is 0 Å². The third kappa shape index (κ3) is 7.00. The molecule has 0 radical (unpaired) electrons. The summed E-state index contributed by atoms with van der Waals surface area (Å²) in [5, 5.41) is 2.84. The number of nitrogens with zero attached hydrogens (tertiary/aromatic N) is 1. The van der Waals surface area contributed by atoms with E-state index in [1.54, 1.807) is 30.3 Å². The molecule has 174 valence electrons. The van der Waals surface area contributed by atoms with E-state index < -0.39 is 10.0 Å². The fraction of sp³-hybridized carbons (Fsp3) is 0.240. The van der Waals surface area contributed by atoms with Gasteiger partial charge in [0.25, 0.3) is 5.91 Å². The Morgan fingerprint density at radius 2 is 1.76 bits per heavy atom. The number of aryl methyl sites for hydroxylation is 1. The molecule has 33 heavy (non-hydrogen) atoms. The quantitative estimate of drug-likeness (QED) is 0.339. The Morgan fingerprint density at radius 1 is 1.03 bits per heavy atom. The lowest BCUT2D eigenvalue weighted by Crippen LogP contribution is -2.30. The molecule has 0 aliphatic rings. The molecule has 0 atom stereocenters. The van der Waals surface area contributed by atoms with Crippen LogP contribution in [-0.2, 0) is 16.6 Å². The second-order valence-corrected chi connectivity index (χ2v) is 10.3. The first-order valence-electron chi connectivity index (χ1n) is 10.5. The maximum absolute atomic E-state index is 12.5. The third-order valence-corrected chi connectivity index (χ3v) is 6.85. The van der Waals surface area contributed by atoms with E-state index in [9.17, 15) is 13.2 Å². The normalized spacial score (nSPS) is 11.1. The highest BCUT2D eigenvalue weighted by molar-refractivity contribution is 7.99. The first kappa shape index (κ1) is 24.7. The highest BCUT2D eigenvalue weighted by atomic mass is 32.2. The Balaban J connectivity index is 1.60. The number of carbonyl (C=O) groups excluding carboxylic acids is 1. The van der Waals surface area contributed by atoms with Gasteiger partial charge in [-0.15, -0.1) is 11.8 Å². The monoisotopic (exact) mass is 484 g/mol. The summed E-state index contributed by atoms with van der Waals surface area (Å²) in [4.78, 5) is 13.3. The molecule has 0 fully saturated rings. The van der Waals surface area contributed by atoms with Gasteiger partial charge in [0.1, 0.15) is 12.4 Å². The Bertz CT molecular complexity index is 1200. The summed E-state index contributed by atoms with van der Waals surface area (Å²) in [7, 11) is -3.49. The Labute approximate surface area is 200 Å². The summed E-state index contributed by atoms with van der Waals surface area (Å²) in [6, 6.07) is 22.1. The third-order valence-electron chi connectivity index (χ3n) is 4.94. The van der Waals surface area contributed by atoms with Crippen molar-refractivity contribution in [3.8, 4) is 5.75 Å². The number of rotatable bonds is 10. The second-order valence-electron chi connectivity index (χ2n) is 7.56. The van der Waals surface area contributed by atoms with Crippen LogP contribution in [0.25, 0.3) is 0 Å². The number of thioether (sulfide) groups is 1. The summed E-state index contributed by atoms with van der Waals surface area (Å²) in [6.45, 7) is 2.92. The van der Waals surface area contributed by atoms with Gasteiger partial charge in [0.15, 0.2) is 0 Å².